The molecule has 12 heteroatoms. The number of nitrogens with zero attached hydrogens (tertiary/aromatic N) is 3. The van der Waals surface area contributed by atoms with E-state index in [4.69, 9.17) is 14.2 Å². The van der Waals surface area contributed by atoms with Crippen LogP contribution in [0.5, 0.6) is 0 Å². The number of carbonyl (C=O) groups excluding carboxylic acids is 4. The summed E-state index contributed by atoms with van der Waals surface area (Å²) >= 11 is 0. The first kappa shape index (κ1) is 31.6. The average Bonchev–Trinajstić information content (AvgIpc) is 3.35. The van der Waals surface area contributed by atoms with E-state index in [-0.39, 0.29) is 56.8 Å². The van der Waals surface area contributed by atoms with Crippen molar-refractivity contribution in [2.45, 2.75) is 31.4 Å². The fourth-order valence-electron chi connectivity index (χ4n) is 5.92. The Morgan fingerprint density at radius 1 is 0.915 bits per heavy atom. The van der Waals surface area contributed by atoms with Crippen molar-refractivity contribution in [3.8, 4) is 0 Å². The minimum Gasteiger partial charge on any atom is -0.433 e. The highest BCUT2D eigenvalue weighted by molar-refractivity contribution is 6.05. The Balaban J connectivity index is 1.22. The van der Waals surface area contributed by atoms with Crippen LogP contribution in [0.15, 0.2) is 91.1 Å². The first-order chi connectivity index (χ1) is 22.9. The molecule has 1 unspecified atom stereocenters. The molecule has 0 radical (unpaired) electrons. The summed E-state index contributed by atoms with van der Waals surface area (Å²) in [6.07, 6.45) is 0.614. The first-order valence-corrected chi connectivity index (χ1v) is 15.3. The zero-order chi connectivity index (χ0) is 32.8. The molecule has 2 N–H and O–H groups in total. The number of nitrogens with one attached hydrogen (secondary N) is 2. The zero-order valence-corrected chi connectivity index (χ0v) is 25.8. The largest absolute Gasteiger partial charge is 0.433 e. The number of hydrogen-bond acceptors (Lipinski definition) is 9. The molecule has 3 atom stereocenters. The standard InChI is InChI=1S/C35H35N5O7/c1-45-22-31(42)40-19-25(37-34(44)33-26-12-6-5-11-24(26)15-16-36-33)18-39(28-13-7-8-14-29(28)40)20-30(41)38-27-17-32(43)47-35(27)46-21-23-9-3-2-4-10-23/h2-16,25,27,35H,17-22H2,1H3,(H,37,44)(H,38,41)/t25-,27+,35?/m1/s1. The fraction of sp³-hybridized carbons (Fsp3) is 0.286. The lowest BCUT2D eigenvalue weighted by molar-refractivity contribution is -0.168. The topological polar surface area (TPSA) is 139 Å². The van der Waals surface area contributed by atoms with Gasteiger partial charge in [0.2, 0.25) is 12.2 Å². The summed E-state index contributed by atoms with van der Waals surface area (Å²) in [5, 5.41) is 7.53. The van der Waals surface area contributed by atoms with E-state index in [9.17, 15) is 19.2 Å². The number of esters is 1. The highest BCUT2D eigenvalue weighted by Crippen LogP contribution is 2.32. The van der Waals surface area contributed by atoms with Crippen LogP contribution in [0.25, 0.3) is 10.8 Å². The molecule has 3 amide bonds. The maximum Gasteiger partial charge on any atom is 0.310 e. The molecule has 47 heavy (non-hydrogen) atoms. The van der Waals surface area contributed by atoms with Crippen LogP contribution >= 0.6 is 0 Å². The van der Waals surface area contributed by atoms with E-state index >= 15 is 0 Å². The summed E-state index contributed by atoms with van der Waals surface area (Å²) in [7, 11) is 1.44. The van der Waals surface area contributed by atoms with Crippen LogP contribution in [-0.4, -0.2) is 80.4 Å². The van der Waals surface area contributed by atoms with Gasteiger partial charge in [0.1, 0.15) is 18.3 Å². The lowest BCUT2D eigenvalue weighted by atomic mass is 10.1. The number of rotatable bonds is 10. The van der Waals surface area contributed by atoms with Gasteiger partial charge in [0, 0.05) is 31.8 Å². The Bertz CT molecular complexity index is 1760. The number of para-hydroxylation sites is 2. The van der Waals surface area contributed by atoms with Crippen molar-refractivity contribution in [3.05, 3.63) is 102 Å². The Hall–Kier alpha value is -5.33. The highest BCUT2D eigenvalue weighted by Gasteiger charge is 2.38. The van der Waals surface area contributed by atoms with Gasteiger partial charge in [-0.1, -0.05) is 66.7 Å². The molecule has 242 valence electrons. The minimum atomic E-state index is -0.939. The Morgan fingerprint density at radius 3 is 2.47 bits per heavy atom. The fourth-order valence-corrected chi connectivity index (χ4v) is 5.92. The second-order valence-corrected chi connectivity index (χ2v) is 11.4. The number of aromatic nitrogens is 1. The molecular weight excluding hydrogens is 602 g/mol. The van der Waals surface area contributed by atoms with Crippen molar-refractivity contribution in [1.82, 2.24) is 15.6 Å². The van der Waals surface area contributed by atoms with E-state index in [1.807, 2.05) is 77.7 Å². The Kier molecular flexibility index (Phi) is 9.69. The number of hydrogen-bond donors (Lipinski definition) is 2. The molecule has 0 aliphatic carbocycles. The van der Waals surface area contributed by atoms with Gasteiger partial charge < -0.3 is 34.6 Å². The van der Waals surface area contributed by atoms with Gasteiger partial charge in [-0.05, 0) is 29.1 Å². The number of carbonyl (C=O) groups is 4. The van der Waals surface area contributed by atoms with Crippen LogP contribution in [0.1, 0.15) is 22.5 Å². The predicted octanol–water partition coefficient (Wildman–Crippen LogP) is 2.81. The summed E-state index contributed by atoms with van der Waals surface area (Å²) in [5.74, 6) is -1.55. The molecule has 6 rings (SSSR count). The van der Waals surface area contributed by atoms with E-state index in [0.717, 1.165) is 10.9 Å². The Labute approximate surface area is 271 Å². The second-order valence-electron chi connectivity index (χ2n) is 11.4. The normalized spacial score (nSPS) is 19.1. The number of cyclic esters (lactones) is 1. The number of methoxy groups -OCH3 is 1. The highest BCUT2D eigenvalue weighted by atomic mass is 16.7. The third-order valence-corrected chi connectivity index (χ3v) is 8.05. The van der Waals surface area contributed by atoms with Crippen LogP contribution in [0.4, 0.5) is 11.4 Å². The molecule has 0 spiro atoms. The van der Waals surface area contributed by atoms with E-state index in [1.54, 1.807) is 23.2 Å². The molecule has 12 nitrogen and oxygen atoms in total. The van der Waals surface area contributed by atoms with Crippen LogP contribution in [-0.2, 0) is 35.2 Å². The van der Waals surface area contributed by atoms with Crippen LogP contribution in [0.2, 0.25) is 0 Å². The van der Waals surface area contributed by atoms with Gasteiger partial charge in [-0.25, -0.2) is 0 Å². The predicted molar refractivity (Wildman–Crippen MR) is 174 cm³/mol. The van der Waals surface area contributed by atoms with Gasteiger partial charge in [-0.2, -0.15) is 0 Å². The van der Waals surface area contributed by atoms with Crippen molar-refractivity contribution in [3.63, 3.8) is 0 Å². The molecule has 1 aromatic heterocycles. The lowest BCUT2D eigenvalue weighted by Crippen LogP contribution is -2.52. The molecule has 0 bridgehead atoms. The molecule has 1 fully saturated rings. The van der Waals surface area contributed by atoms with Crippen LogP contribution in [0, 0.1) is 0 Å². The maximum absolute atomic E-state index is 13.6. The van der Waals surface area contributed by atoms with E-state index in [1.165, 1.54) is 7.11 Å². The average molecular weight is 638 g/mol. The number of benzene rings is 3. The SMILES string of the molecule is COCC(=O)N1C[C@H](NC(=O)c2nccc3ccccc23)CN(CC(=O)N[C@H]2CC(=O)OC2OCc2ccccc2)c2ccccc21. The lowest BCUT2D eigenvalue weighted by Gasteiger charge is -2.28. The molecule has 0 saturated carbocycles. The smallest absolute Gasteiger partial charge is 0.310 e. The first-order valence-electron chi connectivity index (χ1n) is 15.3. The van der Waals surface area contributed by atoms with Gasteiger partial charge in [0.05, 0.1) is 37.0 Å². The maximum atomic E-state index is 13.6. The van der Waals surface area contributed by atoms with Crippen molar-refractivity contribution >= 4 is 45.8 Å². The summed E-state index contributed by atoms with van der Waals surface area (Å²) in [5.41, 5.74) is 2.37. The summed E-state index contributed by atoms with van der Waals surface area (Å²) in [6.45, 7) is 0.252. The monoisotopic (exact) mass is 637 g/mol. The third kappa shape index (κ3) is 7.40. The number of anilines is 2. The van der Waals surface area contributed by atoms with Crippen molar-refractivity contribution < 1.29 is 33.4 Å². The summed E-state index contributed by atoms with van der Waals surface area (Å²) in [4.78, 5) is 60.4. The molecule has 3 aromatic carbocycles. The molecular formula is C35H35N5O7. The molecule has 2 aliphatic rings. The quantitative estimate of drug-likeness (QED) is 0.251. The number of amides is 3. The van der Waals surface area contributed by atoms with Crippen LogP contribution < -0.4 is 20.4 Å². The van der Waals surface area contributed by atoms with Crippen molar-refractivity contribution in [1.29, 1.82) is 0 Å². The van der Waals surface area contributed by atoms with Crippen LogP contribution in [0.3, 0.4) is 0 Å². The number of ether oxygens (including phenoxy) is 3. The van der Waals surface area contributed by atoms with E-state index in [0.29, 0.717) is 16.8 Å². The molecule has 2 aliphatic heterocycles. The Morgan fingerprint density at radius 2 is 1.66 bits per heavy atom. The minimum absolute atomic E-state index is 0.0300. The van der Waals surface area contributed by atoms with Gasteiger partial charge >= 0.3 is 5.97 Å². The summed E-state index contributed by atoms with van der Waals surface area (Å²) < 4.78 is 16.4. The molecule has 4 aromatic rings. The molecule has 1 saturated heterocycles. The third-order valence-electron chi connectivity index (χ3n) is 8.05. The van der Waals surface area contributed by atoms with Gasteiger partial charge in [0.15, 0.2) is 0 Å². The zero-order valence-electron chi connectivity index (χ0n) is 25.8. The van der Waals surface area contributed by atoms with E-state index < -0.39 is 30.3 Å². The van der Waals surface area contributed by atoms with Crippen molar-refractivity contribution in [2.75, 3.05) is 43.2 Å². The van der Waals surface area contributed by atoms with Gasteiger partial charge in [-0.15, -0.1) is 0 Å². The van der Waals surface area contributed by atoms with Gasteiger partial charge in [0.25, 0.3) is 11.8 Å². The number of pyridine rings is 1. The molecule has 3 heterocycles. The van der Waals surface area contributed by atoms with E-state index in [2.05, 4.69) is 15.6 Å². The summed E-state index contributed by atoms with van der Waals surface area (Å²) in [6, 6.07) is 24.7. The van der Waals surface area contributed by atoms with Gasteiger partial charge in [-0.3, -0.25) is 24.2 Å². The second kappa shape index (κ2) is 14.4. The number of fused-ring (bicyclic) bond motifs is 2. The van der Waals surface area contributed by atoms with Crippen molar-refractivity contribution in [2.24, 2.45) is 0 Å².